The van der Waals surface area contributed by atoms with E-state index in [1.165, 1.54) is 11.8 Å². The molecule has 128 valence electrons. The molecule has 2 aromatic rings. The molecule has 8 nitrogen and oxygen atoms in total. The molecule has 0 fully saturated rings. The van der Waals surface area contributed by atoms with Crippen molar-refractivity contribution in [3.63, 3.8) is 0 Å². The van der Waals surface area contributed by atoms with Crippen molar-refractivity contribution in [3.8, 4) is 5.75 Å². The van der Waals surface area contributed by atoms with Gasteiger partial charge in [0.2, 0.25) is 17.8 Å². The molecule has 0 spiro atoms. The van der Waals surface area contributed by atoms with Gasteiger partial charge in [0, 0.05) is 6.54 Å². The first-order valence-electron chi connectivity index (χ1n) is 7.32. The standard InChI is InChI=1S/C15H20N6O2S/c1-9(24-15-20-13(16)19-14(17)21-15)12(22)18-8-7-10-3-5-11(23-2)6-4-10/h3-6,9H,7-8H2,1-2H3,(H,18,22)(H4,16,17,19,20,21)/t9-/m1/s1. The van der Waals surface area contributed by atoms with Gasteiger partial charge in [0.15, 0.2) is 5.16 Å². The molecule has 0 aliphatic heterocycles. The van der Waals surface area contributed by atoms with Gasteiger partial charge in [-0.15, -0.1) is 0 Å². The maximum Gasteiger partial charge on any atom is 0.233 e. The van der Waals surface area contributed by atoms with Crippen molar-refractivity contribution in [2.24, 2.45) is 0 Å². The van der Waals surface area contributed by atoms with Crippen LogP contribution in [0.3, 0.4) is 0 Å². The number of thioether (sulfide) groups is 1. The summed E-state index contributed by atoms with van der Waals surface area (Å²) in [4.78, 5) is 23.7. The number of methoxy groups -OCH3 is 1. The topological polar surface area (TPSA) is 129 Å². The Labute approximate surface area is 144 Å². The average Bonchev–Trinajstić information content (AvgIpc) is 2.54. The molecular weight excluding hydrogens is 328 g/mol. The van der Waals surface area contributed by atoms with E-state index in [1.807, 2.05) is 24.3 Å². The summed E-state index contributed by atoms with van der Waals surface area (Å²) in [6.07, 6.45) is 0.735. The molecule has 9 heteroatoms. The van der Waals surface area contributed by atoms with Crippen LogP contribution < -0.4 is 21.5 Å². The summed E-state index contributed by atoms with van der Waals surface area (Å²) in [6, 6.07) is 7.73. The predicted octanol–water partition coefficient (Wildman–Crippen LogP) is 0.884. The van der Waals surface area contributed by atoms with Gasteiger partial charge >= 0.3 is 0 Å². The molecule has 24 heavy (non-hydrogen) atoms. The van der Waals surface area contributed by atoms with Crippen molar-refractivity contribution >= 4 is 29.6 Å². The van der Waals surface area contributed by atoms with Crippen LogP contribution in [-0.2, 0) is 11.2 Å². The van der Waals surface area contributed by atoms with Crippen LogP contribution in [0.4, 0.5) is 11.9 Å². The van der Waals surface area contributed by atoms with Crippen LogP contribution in [0.5, 0.6) is 5.75 Å². The number of carbonyl (C=O) groups is 1. The van der Waals surface area contributed by atoms with Crippen molar-refractivity contribution in [1.82, 2.24) is 20.3 Å². The maximum atomic E-state index is 12.1. The van der Waals surface area contributed by atoms with Crippen molar-refractivity contribution in [2.75, 3.05) is 25.1 Å². The minimum Gasteiger partial charge on any atom is -0.497 e. The number of nitrogens with one attached hydrogen (secondary N) is 1. The first-order valence-corrected chi connectivity index (χ1v) is 8.20. The Bertz CT molecular complexity index is 675. The molecule has 1 amide bonds. The fourth-order valence-electron chi connectivity index (χ4n) is 1.92. The van der Waals surface area contributed by atoms with E-state index in [-0.39, 0.29) is 23.1 Å². The van der Waals surface area contributed by atoms with Crippen LogP contribution in [0, 0.1) is 0 Å². The first-order chi connectivity index (χ1) is 11.5. The molecule has 5 N–H and O–H groups in total. The summed E-state index contributed by atoms with van der Waals surface area (Å²) in [7, 11) is 1.63. The van der Waals surface area contributed by atoms with E-state index < -0.39 is 0 Å². The highest BCUT2D eigenvalue weighted by Gasteiger charge is 2.16. The Balaban J connectivity index is 1.80. The Kier molecular flexibility index (Phi) is 6.19. The number of amides is 1. The molecule has 0 saturated heterocycles. The van der Waals surface area contributed by atoms with Gasteiger partial charge in [0.25, 0.3) is 0 Å². The lowest BCUT2D eigenvalue weighted by molar-refractivity contribution is -0.120. The van der Waals surface area contributed by atoms with Gasteiger partial charge in [0.05, 0.1) is 12.4 Å². The van der Waals surface area contributed by atoms with Crippen LogP contribution in [-0.4, -0.2) is 39.8 Å². The monoisotopic (exact) mass is 348 g/mol. The van der Waals surface area contributed by atoms with Gasteiger partial charge < -0.3 is 21.5 Å². The number of hydrogen-bond donors (Lipinski definition) is 3. The summed E-state index contributed by atoms with van der Waals surface area (Å²) in [6.45, 7) is 2.31. The third kappa shape index (κ3) is 5.27. The van der Waals surface area contributed by atoms with E-state index in [1.54, 1.807) is 14.0 Å². The fourth-order valence-corrected chi connectivity index (χ4v) is 2.72. The third-order valence-electron chi connectivity index (χ3n) is 3.17. The molecule has 1 aromatic carbocycles. The number of anilines is 2. The van der Waals surface area contributed by atoms with E-state index in [0.29, 0.717) is 11.7 Å². The van der Waals surface area contributed by atoms with Gasteiger partial charge in [-0.25, -0.2) is 0 Å². The molecule has 0 unspecified atom stereocenters. The molecule has 1 heterocycles. The van der Waals surface area contributed by atoms with Crippen LogP contribution in [0.25, 0.3) is 0 Å². The van der Waals surface area contributed by atoms with E-state index in [2.05, 4.69) is 20.3 Å². The molecule has 0 aliphatic carbocycles. The number of benzene rings is 1. The molecule has 0 bridgehead atoms. The number of rotatable bonds is 7. The van der Waals surface area contributed by atoms with Crippen molar-refractivity contribution in [1.29, 1.82) is 0 Å². The minimum absolute atomic E-state index is 0.0390. The molecule has 1 atom stereocenters. The fraction of sp³-hybridized carbons (Fsp3) is 0.333. The largest absolute Gasteiger partial charge is 0.497 e. The average molecular weight is 348 g/mol. The normalized spacial score (nSPS) is 11.8. The smallest absolute Gasteiger partial charge is 0.233 e. The summed E-state index contributed by atoms with van der Waals surface area (Å²) in [5.41, 5.74) is 12.1. The van der Waals surface area contributed by atoms with Crippen LogP contribution >= 0.6 is 11.8 Å². The third-order valence-corrected chi connectivity index (χ3v) is 4.13. The number of nitrogens with two attached hydrogens (primary N) is 2. The number of aromatic nitrogens is 3. The number of ether oxygens (including phenoxy) is 1. The zero-order chi connectivity index (χ0) is 17.5. The van der Waals surface area contributed by atoms with Gasteiger partial charge in [0.1, 0.15) is 5.75 Å². The Hall–Kier alpha value is -2.55. The summed E-state index contributed by atoms with van der Waals surface area (Å²) in [5, 5.41) is 2.84. The number of hydrogen-bond acceptors (Lipinski definition) is 8. The molecule has 2 rings (SSSR count). The lowest BCUT2D eigenvalue weighted by Gasteiger charge is -2.11. The minimum atomic E-state index is -0.373. The van der Waals surface area contributed by atoms with E-state index in [4.69, 9.17) is 16.2 Å². The Morgan fingerprint density at radius 1 is 1.21 bits per heavy atom. The molecule has 1 aromatic heterocycles. The van der Waals surface area contributed by atoms with E-state index in [0.717, 1.165) is 17.7 Å². The predicted molar refractivity (Wildman–Crippen MR) is 93.7 cm³/mol. The number of carbonyl (C=O) groups excluding carboxylic acids is 1. The quantitative estimate of drug-likeness (QED) is 0.629. The molecule has 0 aliphatic rings. The summed E-state index contributed by atoms with van der Waals surface area (Å²) >= 11 is 1.18. The maximum absolute atomic E-state index is 12.1. The van der Waals surface area contributed by atoms with Gasteiger partial charge in [-0.2, -0.15) is 15.0 Å². The lowest BCUT2D eigenvalue weighted by atomic mass is 10.1. The summed E-state index contributed by atoms with van der Waals surface area (Å²) in [5.74, 6) is 0.781. The van der Waals surface area contributed by atoms with Crippen molar-refractivity contribution < 1.29 is 9.53 Å². The van der Waals surface area contributed by atoms with Gasteiger partial charge in [-0.05, 0) is 31.0 Å². The molecule has 0 radical (unpaired) electrons. The van der Waals surface area contributed by atoms with Crippen molar-refractivity contribution in [3.05, 3.63) is 29.8 Å². The number of nitrogens with zero attached hydrogens (tertiary/aromatic N) is 3. The van der Waals surface area contributed by atoms with Crippen LogP contribution in [0.15, 0.2) is 29.4 Å². The highest BCUT2D eigenvalue weighted by atomic mass is 32.2. The highest BCUT2D eigenvalue weighted by Crippen LogP contribution is 2.20. The Morgan fingerprint density at radius 3 is 2.42 bits per heavy atom. The van der Waals surface area contributed by atoms with E-state index >= 15 is 0 Å². The second-order valence-electron chi connectivity index (χ2n) is 4.98. The SMILES string of the molecule is COc1ccc(CCNC(=O)[C@@H](C)Sc2nc(N)nc(N)n2)cc1. The second-order valence-corrected chi connectivity index (χ2v) is 6.29. The highest BCUT2D eigenvalue weighted by molar-refractivity contribution is 8.00. The van der Waals surface area contributed by atoms with E-state index in [9.17, 15) is 4.79 Å². The summed E-state index contributed by atoms with van der Waals surface area (Å²) < 4.78 is 5.11. The van der Waals surface area contributed by atoms with Crippen LogP contribution in [0.1, 0.15) is 12.5 Å². The first kappa shape index (κ1) is 17.8. The zero-order valence-corrected chi connectivity index (χ0v) is 14.3. The molecule has 0 saturated carbocycles. The second kappa shape index (κ2) is 8.34. The van der Waals surface area contributed by atoms with Crippen molar-refractivity contribution in [2.45, 2.75) is 23.8 Å². The van der Waals surface area contributed by atoms with Gasteiger partial charge in [-0.1, -0.05) is 23.9 Å². The zero-order valence-electron chi connectivity index (χ0n) is 13.5. The van der Waals surface area contributed by atoms with Gasteiger partial charge in [-0.3, -0.25) is 4.79 Å². The number of nitrogen functional groups attached to an aromatic ring is 2. The lowest BCUT2D eigenvalue weighted by Crippen LogP contribution is -2.32. The Morgan fingerprint density at radius 2 is 1.83 bits per heavy atom. The molecular formula is C15H20N6O2S. The van der Waals surface area contributed by atoms with Crippen LogP contribution in [0.2, 0.25) is 0 Å².